The number of nitrogens with one attached hydrogen (secondary N) is 1. The smallest absolute Gasteiger partial charge is 0.261 e. The van der Waals surface area contributed by atoms with Crippen molar-refractivity contribution in [1.29, 1.82) is 0 Å². The van der Waals surface area contributed by atoms with E-state index in [-0.39, 0.29) is 5.91 Å². The van der Waals surface area contributed by atoms with E-state index in [1.807, 2.05) is 24.3 Å². The number of nitrogens with zero attached hydrogens (tertiary/aromatic N) is 2. The molecule has 120 valence electrons. The van der Waals surface area contributed by atoms with E-state index < -0.39 is 0 Å². The lowest BCUT2D eigenvalue weighted by atomic mass is 9.84. The van der Waals surface area contributed by atoms with E-state index in [0.717, 1.165) is 21.9 Å². The van der Waals surface area contributed by atoms with E-state index in [4.69, 9.17) is 11.6 Å². The minimum Gasteiger partial charge on any atom is -0.347 e. The zero-order valence-electron chi connectivity index (χ0n) is 12.7. The second-order valence-electron chi connectivity index (χ2n) is 6.25. The summed E-state index contributed by atoms with van der Waals surface area (Å²) in [7, 11) is 0. The monoisotopic (exact) mass is 347 g/mol. The number of halogens is 1. The van der Waals surface area contributed by atoms with Crippen LogP contribution in [0.3, 0.4) is 0 Å². The van der Waals surface area contributed by atoms with Gasteiger partial charge in [0.25, 0.3) is 5.91 Å². The fraction of sp³-hybridized carbons (Fsp3) is 0.412. The Morgan fingerprint density at radius 3 is 2.83 bits per heavy atom. The van der Waals surface area contributed by atoms with E-state index in [0.29, 0.717) is 17.1 Å². The van der Waals surface area contributed by atoms with Crippen molar-refractivity contribution in [3.8, 4) is 10.4 Å². The zero-order valence-corrected chi connectivity index (χ0v) is 14.2. The third kappa shape index (κ3) is 3.13. The van der Waals surface area contributed by atoms with Crippen molar-refractivity contribution in [3.63, 3.8) is 0 Å². The van der Waals surface area contributed by atoms with Gasteiger partial charge in [-0.2, -0.15) is 0 Å². The fourth-order valence-corrected chi connectivity index (χ4v) is 4.62. The zero-order chi connectivity index (χ0) is 15.8. The van der Waals surface area contributed by atoms with Crippen LogP contribution in [0.2, 0.25) is 5.15 Å². The third-order valence-corrected chi connectivity index (χ3v) is 6.15. The van der Waals surface area contributed by atoms with Crippen LogP contribution in [0.25, 0.3) is 10.4 Å². The quantitative estimate of drug-likeness (QED) is 0.866. The van der Waals surface area contributed by atoms with Crippen LogP contribution in [-0.4, -0.2) is 41.5 Å². The van der Waals surface area contributed by atoms with Gasteiger partial charge in [0.1, 0.15) is 5.15 Å². The largest absolute Gasteiger partial charge is 0.347 e. The summed E-state index contributed by atoms with van der Waals surface area (Å²) in [6, 6.07) is 7.90. The van der Waals surface area contributed by atoms with Gasteiger partial charge in [-0.15, -0.1) is 11.3 Å². The minimum atomic E-state index is 0.0418. The predicted octanol–water partition coefficient (Wildman–Crippen LogP) is 3.29. The van der Waals surface area contributed by atoms with Gasteiger partial charge in [0, 0.05) is 23.7 Å². The summed E-state index contributed by atoms with van der Waals surface area (Å²) in [4.78, 5) is 20.8. The molecule has 3 saturated heterocycles. The molecule has 3 aliphatic rings. The Bertz CT molecular complexity index is 724. The summed E-state index contributed by atoms with van der Waals surface area (Å²) in [5.74, 6) is 0.683. The molecule has 2 aromatic heterocycles. The van der Waals surface area contributed by atoms with E-state index in [2.05, 4.69) is 15.2 Å². The van der Waals surface area contributed by atoms with E-state index in [1.54, 1.807) is 6.20 Å². The van der Waals surface area contributed by atoms with Crippen molar-refractivity contribution in [2.75, 3.05) is 19.6 Å². The predicted molar refractivity (Wildman–Crippen MR) is 93.0 cm³/mol. The highest BCUT2D eigenvalue weighted by Gasteiger charge is 2.35. The molecule has 3 aliphatic heterocycles. The van der Waals surface area contributed by atoms with Crippen LogP contribution in [0.15, 0.2) is 30.5 Å². The average molecular weight is 348 g/mol. The highest BCUT2D eigenvalue weighted by Crippen LogP contribution is 2.30. The number of carbonyl (C=O) groups excluding carboxylic acids is 1. The maximum Gasteiger partial charge on any atom is 0.261 e. The summed E-state index contributed by atoms with van der Waals surface area (Å²) >= 11 is 7.44. The summed E-state index contributed by atoms with van der Waals surface area (Å²) in [6.07, 6.45) is 4.09. The molecule has 2 aromatic rings. The highest BCUT2D eigenvalue weighted by atomic mass is 35.5. The molecule has 0 aliphatic carbocycles. The van der Waals surface area contributed by atoms with E-state index in [1.165, 1.54) is 37.3 Å². The van der Waals surface area contributed by atoms with Crippen molar-refractivity contribution in [2.45, 2.75) is 18.9 Å². The van der Waals surface area contributed by atoms with Gasteiger partial charge < -0.3 is 10.2 Å². The second-order valence-corrected chi connectivity index (χ2v) is 7.72. The first-order valence-electron chi connectivity index (χ1n) is 7.94. The third-order valence-electron chi connectivity index (χ3n) is 4.81. The Morgan fingerprint density at radius 1 is 1.30 bits per heavy atom. The molecule has 6 heteroatoms. The number of rotatable bonds is 3. The number of hydrogen-bond donors (Lipinski definition) is 1. The van der Waals surface area contributed by atoms with Crippen LogP contribution in [-0.2, 0) is 0 Å². The summed E-state index contributed by atoms with van der Waals surface area (Å²) in [5.41, 5.74) is 0.997. The number of thiophene rings is 1. The van der Waals surface area contributed by atoms with Crippen LogP contribution < -0.4 is 5.32 Å². The van der Waals surface area contributed by atoms with Gasteiger partial charge in [-0.3, -0.25) is 4.79 Å². The van der Waals surface area contributed by atoms with Crippen molar-refractivity contribution in [2.24, 2.45) is 5.92 Å². The first-order valence-corrected chi connectivity index (χ1v) is 9.13. The maximum absolute atomic E-state index is 12.5. The van der Waals surface area contributed by atoms with E-state index >= 15 is 0 Å². The number of piperidine rings is 3. The number of hydrogen-bond acceptors (Lipinski definition) is 4. The molecule has 1 unspecified atom stereocenters. The number of fused-ring (bicyclic) bond motifs is 3. The molecule has 2 bridgehead atoms. The van der Waals surface area contributed by atoms with Gasteiger partial charge in [-0.25, -0.2) is 4.98 Å². The van der Waals surface area contributed by atoms with Crippen molar-refractivity contribution in [3.05, 3.63) is 40.5 Å². The average Bonchev–Trinajstić information content (AvgIpc) is 3.06. The summed E-state index contributed by atoms with van der Waals surface area (Å²) in [6.45, 7) is 3.36. The number of carbonyl (C=O) groups is 1. The molecule has 0 spiro atoms. The molecule has 23 heavy (non-hydrogen) atoms. The molecule has 0 aromatic carbocycles. The molecular formula is C17H18ClN3OS. The maximum atomic E-state index is 12.5. The molecule has 3 fully saturated rings. The fourth-order valence-electron chi connectivity index (χ4n) is 3.54. The Balaban J connectivity index is 1.47. The first kappa shape index (κ1) is 15.1. The summed E-state index contributed by atoms with van der Waals surface area (Å²) < 4.78 is 0. The highest BCUT2D eigenvalue weighted by molar-refractivity contribution is 7.17. The molecule has 0 saturated carbocycles. The van der Waals surface area contributed by atoms with Crippen molar-refractivity contribution < 1.29 is 4.79 Å². The Hall–Kier alpha value is -1.43. The molecule has 5 heterocycles. The van der Waals surface area contributed by atoms with Crippen LogP contribution in [0.5, 0.6) is 0 Å². The van der Waals surface area contributed by atoms with Gasteiger partial charge in [0.15, 0.2) is 0 Å². The lowest BCUT2D eigenvalue weighted by molar-refractivity contribution is 0.0622. The Morgan fingerprint density at radius 2 is 2.13 bits per heavy atom. The molecule has 1 amide bonds. The summed E-state index contributed by atoms with van der Waals surface area (Å²) in [5, 5.41) is 3.70. The van der Waals surface area contributed by atoms with Gasteiger partial charge >= 0.3 is 0 Å². The number of amides is 1. The molecule has 5 rings (SSSR count). The number of aromatic nitrogens is 1. The minimum absolute atomic E-state index is 0.0418. The van der Waals surface area contributed by atoms with E-state index in [9.17, 15) is 4.79 Å². The van der Waals surface area contributed by atoms with Crippen LogP contribution in [0.4, 0.5) is 0 Å². The molecule has 1 N–H and O–H groups in total. The standard InChI is InChI=1S/C17H18ClN3OS/c18-16-9-12(3-6-19-16)14-1-2-15(23-14)17(22)20-13-10-21-7-4-11(13)5-8-21/h1-3,6,9,11,13H,4-5,7-8,10H2,(H,20,22). The van der Waals surface area contributed by atoms with Crippen LogP contribution >= 0.6 is 22.9 Å². The van der Waals surface area contributed by atoms with Gasteiger partial charge in [0.2, 0.25) is 0 Å². The molecular weight excluding hydrogens is 330 g/mol. The Kier molecular flexibility index (Phi) is 4.09. The molecule has 1 atom stereocenters. The Labute approximate surface area is 144 Å². The van der Waals surface area contributed by atoms with Crippen LogP contribution in [0, 0.1) is 5.92 Å². The van der Waals surface area contributed by atoms with Gasteiger partial charge in [-0.1, -0.05) is 11.6 Å². The van der Waals surface area contributed by atoms with Crippen molar-refractivity contribution >= 4 is 28.8 Å². The SMILES string of the molecule is O=C(NC1CN2CCC1CC2)c1ccc(-c2ccnc(Cl)c2)s1. The topological polar surface area (TPSA) is 45.2 Å². The van der Waals surface area contributed by atoms with Crippen LogP contribution in [0.1, 0.15) is 22.5 Å². The lowest BCUT2D eigenvalue weighted by Gasteiger charge is -2.44. The lowest BCUT2D eigenvalue weighted by Crippen LogP contribution is -2.57. The molecule has 4 nitrogen and oxygen atoms in total. The number of pyridine rings is 1. The first-order chi connectivity index (χ1) is 11.2. The van der Waals surface area contributed by atoms with Crippen molar-refractivity contribution in [1.82, 2.24) is 15.2 Å². The second kappa shape index (κ2) is 6.23. The normalized spacial score (nSPS) is 26.2. The van der Waals surface area contributed by atoms with Gasteiger partial charge in [-0.05, 0) is 61.7 Å². The van der Waals surface area contributed by atoms with Gasteiger partial charge in [0.05, 0.1) is 4.88 Å². The molecule has 0 radical (unpaired) electrons.